The Kier molecular flexibility index (Phi) is 6.22. The van der Waals surface area contributed by atoms with Crippen molar-refractivity contribution in [3.05, 3.63) is 66.7 Å². The van der Waals surface area contributed by atoms with Crippen LogP contribution in [0.4, 0.5) is 0 Å². The second-order valence-corrected chi connectivity index (χ2v) is 9.18. The monoisotopic (exact) mass is 440 g/mol. The molecule has 1 aliphatic rings. The number of carbonyl (C=O) groups is 1. The first kappa shape index (κ1) is 21.3. The molecule has 0 N–H and O–H groups in total. The number of carbonyl (C=O) groups excluding carboxylic acids is 1. The molecule has 0 spiro atoms. The summed E-state index contributed by atoms with van der Waals surface area (Å²) in [6.45, 7) is 1.31. The topological polar surface area (TPSA) is 76.2 Å². The van der Waals surface area contributed by atoms with Crippen LogP contribution in [-0.4, -0.2) is 63.4 Å². The molecule has 1 heterocycles. The summed E-state index contributed by atoms with van der Waals surface area (Å²) in [5.41, 5.74) is 0. The number of fused-ring (bicyclic) bond motifs is 1. The Hall–Kier alpha value is -2.94. The van der Waals surface area contributed by atoms with Crippen LogP contribution < -0.4 is 9.47 Å². The van der Waals surface area contributed by atoms with Gasteiger partial charge in [-0.15, -0.1) is 0 Å². The molecule has 0 saturated carbocycles. The molecule has 0 aromatic heterocycles. The lowest BCUT2D eigenvalue weighted by atomic mass is 10.1. The van der Waals surface area contributed by atoms with Crippen molar-refractivity contribution in [3.8, 4) is 11.5 Å². The minimum Gasteiger partial charge on any atom is -0.493 e. The fraction of sp³-hybridized carbons (Fsp3) is 0.261. The number of aldehydes is 1. The van der Waals surface area contributed by atoms with Crippen LogP contribution in [0.2, 0.25) is 0 Å². The smallest absolute Gasteiger partial charge is 0.243 e. The lowest BCUT2D eigenvalue weighted by Gasteiger charge is -2.36. The first-order valence-electron chi connectivity index (χ1n) is 10.0. The molecule has 7 nitrogen and oxygen atoms in total. The molecule has 1 atom stereocenters. The van der Waals surface area contributed by atoms with E-state index in [9.17, 15) is 13.2 Å². The summed E-state index contributed by atoms with van der Waals surface area (Å²) < 4.78 is 38.9. The van der Waals surface area contributed by atoms with Gasteiger partial charge in [-0.3, -0.25) is 9.69 Å². The van der Waals surface area contributed by atoms with E-state index >= 15 is 0 Å². The number of ether oxygens (including phenoxy) is 2. The molecule has 3 aromatic rings. The van der Waals surface area contributed by atoms with Crippen molar-refractivity contribution >= 4 is 27.1 Å². The van der Waals surface area contributed by atoms with Crippen molar-refractivity contribution in [3.63, 3.8) is 0 Å². The van der Waals surface area contributed by atoms with Gasteiger partial charge in [0, 0.05) is 26.2 Å². The van der Waals surface area contributed by atoms with Crippen LogP contribution in [0, 0.1) is 0 Å². The Labute approximate surface area is 181 Å². The molecular weight excluding hydrogens is 416 g/mol. The lowest BCUT2D eigenvalue weighted by Crippen LogP contribution is -2.53. The first-order valence-corrected chi connectivity index (χ1v) is 11.4. The van der Waals surface area contributed by atoms with Gasteiger partial charge in [-0.2, -0.15) is 4.31 Å². The SMILES string of the molecule is COc1ccccc1OC(C=O)N1CCN(S(=O)(=O)c2ccc3ccccc3c2)CC1. The van der Waals surface area contributed by atoms with Gasteiger partial charge in [0.1, 0.15) is 0 Å². The predicted molar refractivity (Wildman–Crippen MR) is 118 cm³/mol. The fourth-order valence-corrected chi connectivity index (χ4v) is 5.17. The fourth-order valence-electron chi connectivity index (χ4n) is 3.71. The Bertz CT molecular complexity index is 1170. The Morgan fingerprint density at radius 3 is 2.19 bits per heavy atom. The second kappa shape index (κ2) is 9.05. The summed E-state index contributed by atoms with van der Waals surface area (Å²) in [7, 11) is -2.09. The van der Waals surface area contributed by atoms with E-state index < -0.39 is 16.3 Å². The highest BCUT2D eigenvalue weighted by atomic mass is 32.2. The molecule has 0 aliphatic carbocycles. The van der Waals surface area contributed by atoms with Crippen LogP contribution in [0.25, 0.3) is 10.8 Å². The summed E-state index contributed by atoms with van der Waals surface area (Å²) >= 11 is 0. The van der Waals surface area contributed by atoms with E-state index in [0.29, 0.717) is 24.6 Å². The normalized spacial score (nSPS) is 16.7. The van der Waals surface area contributed by atoms with E-state index in [-0.39, 0.29) is 18.0 Å². The minimum absolute atomic E-state index is 0.273. The zero-order valence-corrected chi connectivity index (χ0v) is 18.0. The molecule has 162 valence electrons. The van der Waals surface area contributed by atoms with Gasteiger partial charge >= 0.3 is 0 Å². The van der Waals surface area contributed by atoms with Gasteiger partial charge in [0.05, 0.1) is 12.0 Å². The van der Waals surface area contributed by atoms with Gasteiger partial charge in [-0.1, -0.05) is 42.5 Å². The van der Waals surface area contributed by atoms with Crippen LogP contribution >= 0.6 is 0 Å². The number of benzene rings is 3. The van der Waals surface area contributed by atoms with Crippen LogP contribution in [-0.2, 0) is 14.8 Å². The van der Waals surface area contributed by atoms with Crippen molar-refractivity contribution in [2.75, 3.05) is 33.3 Å². The first-order chi connectivity index (χ1) is 15.0. The maximum atomic E-state index is 13.1. The van der Waals surface area contributed by atoms with Crippen molar-refractivity contribution in [2.24, 2.45) is 0 Å². The standard InChI is InChI=1S/C23H24N2O5S/c1-29-21-8-4-5-9-22(21)30-23(17-26)24-12-14-25(15-13-24)31(27,28)20-11-10-18-6-2-3-7-19(18)16-20/h2-11,16-17,23H,12-15H2,1H3. The highest BCUT2D eigenvalue weighted by molar-refractivity contribution is 7.89. The molecule has 1 fully saturated rings. The number of hydrogen-bond donors (Lipinski definition) is 0. The van der Waals surface area contributed by atoms with Crippen molar-refractivity contribution in [1.82, 2.24) is 9.21 Å². The lowest BCUT2D eigenvalue weighted by molar-refractivity contribution is -0.122. The zero-order valence-electron chi connectivity index (χ0n) is 17.2. The van der Waals surface area contributed by atoms with Gasteiger partial charge in [-0.25, -0.2) is 8.42 Å². The van der Waals surface area contributed by atoms with Crippen LogP contribution in [0.3, 0.4) is 0 Å². The van der Waals surface area contributed by atoms with E-state index in [1.54, 1.807) is 30.3 Å². The molecule has 0 amide bonds. The third-order valence-electron chi connectivity index (χ3n) is 5.43. The predicted octanol–water partition coefficient (Wildman–Crippen LogP) is 2.76. The average molecular weight is 441 g/mol. The molecule has 1 saturated heterocycles. The van der Waals surface area contributed by atoms with Crippen molar-refractivity contribution in [1.29, 1.82) is 0 Å². The van der Waals surface area contributed by atoms with Crippen molar-refractivity contribution < 1.29 is 22.7 Å². The number of nitrogens with zero attached hydrogens (tertiary/aromatic N) is 2. The van der Waals surface area contributed by atoms with Crippen LogP contribution in [0.15, 0.2) is 71.6 Å². The van der Waals surface area contributed by atoms with E-state index in [1.807, 2.05) is 41.3 Å². The van der Waals surface area contributed by atoms with Gasteiger partial charge in [0.2, 0.25) is 16.3 Å². The highest BCUT2D eigenvalue weighted by Crippen LogP contribution is 2.28. The maximum absolute atomic E-state index is 13.1. The molecular formula is C23H24N2O5S. The van der Waals surface area contributed by atoms with Gasteiger partial charge in [0.25, 0.3) is 0 Å². The van der Waals surface area contributed by atoms with Gasteiger partial charge in [-0.05, 0) is 35.0 Å². The molecule has 31 heavy (non-hydrogen) atoms. The van der Waals surface area contributed by atoms with Gasteiger partial charge < -0.3 is 9.47 Å². The summed E-state index contributed by atoms with van der Waals surface area (Å²) in [5.74, 6) is 1.00. The van der Waals surface area contributed by atoms with Crippen LogP contribution in [0.5, 0.6) is 11.5 Å². The molecule has 0 radical (unpaired) electrons. The molecule has 1 aliphatic heterocycles. The Morgan fingerprint density at radius 2 is 1.52 bits per heavy atom. The quantitative estimate of drug-likeness (QED) is 0.526. The molecule has 4 rings (SSSR count). The summed E-state index contributed by atoms with van der Waals surface area (Å²) in [6, 6.07) is 19.9. The summed E-state index contributed by atoms with van der Waals surface area (Å²) in [5, 5.41) is 1.88. The third-order valence-corrected chi connectivity index (χ3v) is 7.32. The molecule has 0 bridgehead atoms. The number of hydrogen-bond acceptors (Lipinski definition) is 6. The average Bonchev–Trinajstić information content (AvgIpc) is 2.82. The number of rotatable bonds is 7. The Balaban J connectivity index is 1.45. The summed E-state index contributed by atoms with van der Waals surface area (Å²) in [4.78, 5) is 13.8. The van der Waals surface area contributed by atoms with E-state index in [1.165, 1.54) is 11.4 Å². The third kappa shape index (κ3) is 4.41. The Morgan fingerprint density at radius 1 is 0.871 bits per heavy atom. The van der Waals surface area contributed by atoms with Gasteiger partial charge in [0.15, 0.2) is 17.8 Å². The van der Waals surface area contributed by atoms with Crippen LogP contribution in [0.1, 0.15) is 0 Å². The molecule has 8 heteroatoms. The second-order valence-electron chi connectivity index (χ2n) is 7.24. The zero-order chi connectivity index (χ0) is 21.8. The summed E-state index contributed by atoms with van der Waals surface area (Å²) in [6.07, 6.45) is -0.0956. The number of sulfonamides is 1. The molecule has 1 unspecified atom stereocenters. The van der Waals surface area contributed by atoms with E-state index in [2.05, 4.69) is 0 Å². The molecule has 3 aromatic carbocycles. The minimum atomic E-state index is -3.62. The van der Waals surface area contributed by atoms with E-state index in [0.717, 1.165) is 17.1 Å². The van der Waals surface area contributed by atoms with Crippen molar-refractivity contribution in [2.45, 2.75) is 11.1 Å². The largest absolute Gasteiger partial charge is 0.493 e. The maximum Gasteiger partial charge on any atom is 0.243 e. The number of methoxy groups -OCH3 is 1. The highest BCUT2D eigenvalue weighted by Gasteiger charge is 2.32. The number of piperazine rings is 1. The number of para-hydroxylation sites is 2. The van der Waals surface area contributed by atoms with E-state index in [4.69, 9.17) is 9.47 Å².